The van der Waals surface area contributed by atoms with Crippen LogP contribution in [0, 0.1) is 11.8 Å². The third-order valence-corrected chi connectivity index (χ3v) is 2.92. The Morgan fingerprint density at radius 1 is 0.944 bits per heavy atom. The first kappa shape index (κ1) is 14.8. The molecule has 1 atom stereocenters. The summed E-state index contributed by atoms with van der Waals surface area (Å²) in [5, 5.41) is 18.4. The van der Waals surface area contributed by atoms with Crippen LogP contribution in [0.5, 0.6) is 0 Å². The van der Waals surface area contributed by atoms with E-state index < -0.39 is 0 Å². The summed E-state index contributed by atoms with van der Waals surface area (Å²) in [6, 6.07) is 9.81. The number of rotatable bonds is 7. The van der Waals surface area contributed by atoms with Gasteiger partial charge in [0, 0.05) is 6.42 Å². The molecule has 0 bridgehead atoms. The Balaban J connectivity index is 2.04. The summed E-state index contributed by atoms with van der Waals surface area (Å²) in [6.07, 6.45) is 5.75. The topological polar surface area (TPSA) is 40.5 Å². The van der Waals surface area contributed by atoms with Gasteiger partial charge in [-0.05, 0) is 18.4 Å². The highest BCUT2D eigenvalue weighted by molar-refractivity contribution is 5.16. The number of aliphatic hydroxyl groups is 2. The van der Waals surface area contributed by atoms with E-state index >= 15 is 0 Å². The molecule has 0 radical (unpaired) electrons. The van der Waals surface area contributed by atoms with Crippen molar-refractivity contribution in [3.05, 3.63) is 35.9 Å². The van der Waals surface area contributed by atoms with Gasteiger partial charge in [0.25, 0.3) is 0 Å². The molecule has 0 fully saturated rings. The average Bonchev–Trinajstić information content (AvgIpc) is 2.42. The average molecular weight is 246 g/mol. The molecule has 1 aromatic rings. The van der Waals surface area contributed by atoms with E-state index in [9.17, 15) is 5.11 Å². The lowest BCUT2D eigenvalue weighted by atomic mass is 10.0. The summed E-state index contributed by atoms with van der Waals surface area (Å²) in [4.78, 5) is 0. The summed E-state index contributed by atoms with van der Waals surface area (Å²) < 4.78 is 0. The molecule has 0 heterocycles. The van der Waals surface area contributed by atoms with Gasteiger partial charge in [0.1, 0.15) is 6.61 Å². The van der Waals surface area contributed by atoms with E-state index in [1.54, 1.807) is 0 Å². The smallest absolute Gasteiger partial charge is 0.104 e. The molecule has 2 heteroatoms. The second kappa shape index (κ2) is 9.70. The number of unbranched alkanes of at least 4 members (excludes halogenated alkanes) is 4. The Labute approximate surface area is 110 Å². The van der Waals surface area contributed by atoms with E-state index in [0.717, 1.165) is 44.1 Å². The van der Waals surface area contributed by atoms with Gasteiger partial charge in [-0.15, -0.1) is 5.92 Å². The van der Waals surface area contributed by atoms with Crippen LogP contribution in [-0.4, -0.2) is 16.8 Å². The van der Waals surface area contributed by atoms with E-state index in [2.05, 4.69) is 11.8 Å². The monoisotopic (exact) mass is 246 g/mol. The maximum atomic E-state index is 9.94. The van der Waals surface area contributed by atoms with E-state index in [1.165, 1.54) is 0 Å². The standard InChI is InChI=1S/C16H22O2/c17-14-10-5-3-1-2-4-9-13-16(18)15-11-7-6-8-12-15/h6-8,11-12,16-18H,1-4,9,13-14H2. The van der Waals surface area contributed by atoms with Crippen LogP contribution in [0.15, 0.2) is 30.3 Å². The molecule has 0 aliphatic rings. The van der Waals surface area contributed by atoms with Crippen LogP contribution in [0.1, 0.15) is 50.2 Å². The maximum Gasteiger partial charge on any atom is 0.104 e. The fourth-order valence-electron chi connectivity index (χ4n) is 1.89. The summed E-state index contributed by atoms with van der Waals surface area (Å²) in [6.45, 7) is -0.0384. The molecular formula is C16H22O2. The molecule has 1 unspecified atom stereocenters. The van der Waals surface area contributed by atoms with Gasteiger partial charge < -0.3 is 10.2 Å². The summed E-state index contributed by atoms with van der Waals surface area (Å²) >= 11 is 0. The highest BCUT2D eigenvalue weighted by Gasteiger charge is 2.05. The third kappa shape index (κ3) is 6.44. The zero-order valence-electron chi connectivity index (χ0n) is 10.8. The first-order valence-corrected chi connectivity index (χ1v) is 6.64. The lowest BCUT2D eigenvalue weighted by molar-refractivity contribution is 0.163. The van der Waals surface area contributed by atoms with Crippen LogP contribution >= 0.6 is 0 Å². The van der Waals surface area contributed by atoms with Gasteiger partial charge >= 0.3 is 0 Å². The van der Waals surface area contributed by atoms with E-state index in [-0.39, 0.29) is 12.7 Å². The summed E-state index contributed by atoms with van der Waals surface area (Å²) in [5.74, 6) is 5.56. The highest BCUT2D eigenvalue weighted by Crippen LogP contribution is 2.19. The molecule has 0 saturated heterocycles. The Kier molecular flexibility index (Phi) is 7.96. The van der Waals surface area contributed by atoms with Crippen molar-refractivity contribution in [2.24, 2.45) is 0 Å². The van der Waals surface area contributed by atoms with E-state index in [0.29, 0.717) is 0 Å². The number of hydrogen-bond acceptors (Lipinski definition) is 2. The molecule has 0 aliphatic carbocycles. The predicted molar refractivity (Wildman–Crippen MR) is 74.0 cm³/mol. The van der Waals surface area contributed by atoms with Gasteiger partial charge in [0.15, 0.2) is 0 Å². The van der Waals surface area contributed by atoms with Crippen LogP contribution < -0.4 is 0 Å². The van der Waals surface area contributed by atoms with Crippen molar-refractivity contribution in [2.45, 2.75) is 44.6 Å². The molecule has 98 valence electrons. The minimum absolute atomic E-state index is 0.0384. The number of hydrogen-bond donors (Lipinski definition) is 2. The predicted octanol–water partition coefficient (Wildman–Crippen LogP) is 3.06. The normalized spacial score (nSPS) is 11.7. The first-order valence-electron chi connectivity index (χ1n) is 6.64. The van der Waals surface area contributed by atoms with Crippen molar-refractivity contribution in [1.82, 2.24) is 0 Å². The van der Waals surface area contributed by atoms with Gasteiger partial charge in [-0.3, -0.25) is 0 Å². The molecule has 0 saturated carbocycles. The molecule has 0 amide bonds. The van der Waals surface area contributed by atoms with Crippen molar-refractivity contribution < 1.29 is 10.2 Å². The van der Waals surface area contributed by atoms with Crippen molar-refractivity contribution in [3.8, 4) is 11.8 Å². The molecular weight excluding hydrogens is 224 g/mol. The fourth-order valence-corrected chi connectivity index (χ4v) is 1.89. The second-order valence-electron chi connectivity index (χ2n) is 4.39. The zero-order valence-corrected chi connectivity index (χ0v) is 10.8. The first-order chi connectivity index (χ1) is 8.84. The van der Waals surface area contributed by atoms with Gasteiger partial charge in [-0.2, -0.15) is 0 Å². The third-order valence-electron chi connectivity index (χ3n) is 2.92. The number of benzene rings is 1. The summed E-state index contributed by atoms with van der Waals surface area (Å²) in [7, 11) is 0. The zero-order chi connectivity index (χ0) is 13.1. The molecule has 0 aliphatic heterocycles. The Morgan fingerprint density at radius 3 is 2.39 bits per heavy atom. The maximum absolute atomic E-state index is 9.94. The van der Waals surface area contributed by atoms with Crippen molar-refractivity contribution >= 4 is 0 Å². The fraction of sp³-hybridized carbons (Fsp3) is 0.500. The van der Waals surface area contributed by atoms with Gasteiger partial charge in [0.05, 0.1) is 6.10 Å². The minimum Gasteiger partial charge on any atom is -0.388 e. The quantitative estimate of drug-likeness (QED) is 0.573. The largest absolute Gasteiger partial charge is 0.388 e. The molecule has 2 nitrogen and oxygen atoms in total. The molecule has 2 N–H and O–H groups in total. The van der Waals surface area contributed by atoms with Gasteiger partial charge in [-0.1, -0.05) is 55.5 Å². The lowest BCUT2D eigenvalue weighted by Crippen LogP contribution is -1.96. The molecule has 0 aromatic heterocycles. The van der Waals surface area contributed by atoms with Gasteiger partial charge in [0.2, 0.25) is 0 Å². The molecule has 0 spiro atoms. The van der Waals surface area contributed by atoms with Crippen molar-refractivity contribution in [1.29, 1.82) is 0 Å². The minimum atomic E-state index is -0.333. The van der Waals surface area contributed by atoms with Crippen LogP contribution in [0.2, 0.25) is 0 Å². The SMILES string of the molecule is OCC#CCCCCCCC(O)c1ccccc1. The summed E-state index contributed by atoms with van der Waals surface area (Å²) in [5.41, 5.74) is 1.01. The van der Waals surface area contributed by atoms with Crippen LogP contribution in [-0.2, 0) is 0 Å². The van der Waals surface area contributed by atoms with E-state index in [4.69, 9.17) is 5.11 Å². The van der Waals surface area contributed by atoms with E-state index in [1.807, 2.05) is 30.3 Å². The Bertz CT molecular complexity index is 362. The Hall–Kier alpha value is -1.30. The van der Waals surface area contributed by atoms with Crippen molar-refractivity contribution in [3.63, 3.8) is 0 Å². The molecule has 18 heavy (non-hydrogen) atoms. The number of aliphatic hydroxyl groups excluding tert-OH is 2. The van der Waals surface area contributed by atoms with Crippen LogP contribution in [0.4, 0.5) is 0 Å². The highest BCUT2D eigenvalue weighted by atomic mass is 16.3. The van der Waals surface area contributed by atoms with Gasteiger partial charge in [-0.25, -0.2) is 0 Å². The lowest BCUT2D eigenvalue weighted by Gasteiger charge is -2.10. The van der Waals surface area contributed by atoms with Crippen molar-refractivity contribution in [2.75, 3.05) is 6.61 Å². The van der Waals surface area contributed by atoms with Crippen LogP contribution in [0.3, 0.4) is 0 Å². The van der Waals surface area contributed by atoms with Crippen LogP contribution in [0.25, 0.3) is 0 Å². The second-order valence-corrected chi connectivity index (χ2v) is 4.39. The molecule has 1 aromatic carbocycles. The molecule has 1 rings (SSSR count). The Morgan fingerprint density at radius 2 is 1.67 bits per heavy atom.